The number of pyridine rings is 1. The molecule has 0 atom stereocenters. The number of hydrogen-bond donors (Lipinski definition) is 2. The summed E-state index contributed by atoms with van der Waals surface area (Å²) in [5, 5.41) is 12.3. The topological polar surface area (TPSA) is 79.3 Å². The van der Waals surface area contributed by atoms with E-state index in [0.29, 0.717) is 5.56 Å². The highest BCUT2D eigenvalue weighted by Gasteiger charge is 2.14. The molecule has 2 rings (SSSR count). The lowest BCUT2D eigenvalue weighted by molar-refractivity contribution is -0.108. The van der Waals surface area contributed by atoms with Crippen LogP contribution in [0.4, 0.5) is 0 Å². The van der Waals surface area contributed by atoms with Crippen molar-refractivity contribution in [3.63, 3.8) is 0 Å². The molecule has 0 aliphatic rings. The van der Waals surface area contributed by atoms with Gasteiger partial charge in [0.1, 0.15) is 5.75 Å². The van der Waals surface area contributed by atoms with Gasteiger partial charge in [0.2, 0.25) is 3.79 Å². The Labute approximate surface area is 148 Å². The number of rotatable bonds is 4. The van der Waals surface area contributed by atoms with Gasteiger partial charge in [0.15, 0.2) is 5.69 Å². The molecule has 21 heavy (non-hydrogen) atoms. The van der Waals surface area contributed by atoms with Crippen LogP contribution < -0.4 is 5.32 Å². The first-order valence-electron chi connectivity index (χ1n) is 5.89. The van der Waals surface area contributed by atoms with Crippen LogP contribution in [0.25, 0.3) is 11.1 Å². The van der Waals surface area contributed by atoms with Crippen LogP contribution in [0.5, 0.6) is 5.75 Å². The second kappa shape index (κ2) is 7.16. The van der Waals surface area contributed by atoms with Gasteiger partial charge in [-0.05, 0) is 46.4 Å². The zero-order valence-corrected chi connectivity index (χ0v) is 15.0. The summed E-state index contributed by atoms with van der Waals surface area (Å²) < 4.78 is 0.864. The number of hydrogen-bond acceptors (Lipinski definition) is 4. The molecule has 0 radical (unpaired) electrons. The summed E-state index contributed by atoms with van der Waals surface area (Å²) in [5.41, 5.74) is 1.52. The lowest BCUT2D eigenvalue weighted by Gasteiger charge is -2.07. The van der Waals surface area contributed by atoms with E-state index < -0.39 is 5.91 Å². The van der Waals surface area contributed by atoms with Crippen molar-refractivity contribution in [2.45, 2.75) is 0 Å². The zero-order chi connectivity index (χ0) is 15.4. The lowest BCUT2D eigenvalue weighted by atomic mass is 10.1. The summed E-state index contributed by atoms with van der Waals surface area (Å²) >= 11 is 3.78. The Kier molecular flexibility index (Phi) is 5.51. The molecule has 5 nitrogen and oxygen atoms in total. The van der Waals surface area contributed by atoms with Crippen LogP contribution in [-0.4, -0.2) is 26.3 Å². The molecule has 0 aliphatic heterocycles. The zero-order valence-electron chi connectivity index (χ0n) is 10.6. The number of aromatic nitrogens is 1. The van der Waals surface area contributed by atoms with Crippen molar-refractivity contribution in [3.05, 3.63) is 45.8 Å². The molecule has 0 spiro atoms. The van der Waals surface area contributed by atoms with Crippen LogP contribution in [0, 0.1) is 3.57 Å². The third-order valence-electron chi connectivity index (χ3n) is 2.63. The quantitative estimate of drug-likeness (QED) is 0.492. The molecule has 0 fully saturated rings. The van der Waals surface area contributed by atoms with Crippen LogP contribution >= 0.6 is 45.2 Å². The Hall–Kier alpha value is -1.23. The van der Waals surface area contributed by atoms with E-state index in [1.165, 1.54) is 12.3 Å². The fourth-order valence-corrected chi connectivity index (χ4v) is 2.42. The molecule has 2 N–H and O–H groups in total. The first-order chi connectivity index (χ1) is 9.97. The van der Waals surface area contributed by atoms with Gasteiger partial charge in [0.05, 0.1) is 6.54 Å². The second-order valence-corrected chi connectivity index (χ2v) is 6.59. The van der Waals surface area contributed by atoms with Gasteiger partial charge in [-0.15, -0.1) is 0 Å². The highest BCUT2D eigenvalue weighted by atomic mass is 127. The minimum atomic E-state index is -0.577. The molecule has 1 aromatic heterocycles. The van der Waals surface area contributed by atoms with E-state index in [1.54, 1.807) is 22.6 Å². The Balaban J connectivity index is 2.25. The first-order valence-corrected chi connectivity index (χ1v) is 8.04. The molecule has 108 valence electrons. The molecule has 0 saturated carbocycles. The third kappa shape index (κ3) is 4.37. The summed E-state index contributed by atoms with van der Waals surface area (Å²) in [6.07, 6.45) is 1.52. The van der Waals surface area contributed by atoms with Gasteiger partial charge in [-0.25, -0.2) is 4.98 Å². The van der Waals surface area contributed by atoms with E-state index in [-0.39, 0.29) is 21.8 Å². The van der Waals surface area contributed by atoms with Crippen LogP contribution in [0.2, 0.25) is 0 Å². The Bertz CT molecular complexity index is 704. The second-order valence-electron chi connectivity index (χ2n) is 4.14. The molecule has 1 heterocycles. The lowest BCUT2D eigenvalue weighted by Crippen LogP contribution is -2.28. The van der Waals surface area contributed by atoms with Gasteiger partial charge < -0.3 is 10.4 Å². The Morgan fingerprint density at radius 2 is 2.00 bits per heavy atom. The smallest absolute Gasteiger partial charge is 0.274 e. The fourth-order valence-electron chi connectivity index (χ4n) is 1.69. The number of halogens is 2. The van der Waals surface area contributed by atoms with Crippen molar-refractivity contribution in [1.82, 2.24) is 10.3 Å². The predicted molar refractivity (Wildman–Crippen MR) is 95.4 cm³/mol. The van der Waals surface area contributed by atoms with E-state index in [4.69, 9.17) is 0 Å². The standard InChI is InChI=1S/C14H10I2N2O3/c15-10-3-1-2-8(4-10)9-5-11(19)13(17-6-9)14(21)18-7-12(16)20/h1-6,19H,7H2,(H,18,21). The van der Waals surface area contributed by atoms with Gasteiger partial charge in [-0.1, -0.05) is 12.1 Å². The molecule has 0 saturated heterocycles. The van der Waals surface area contributed by atoms with Gasteiger partial charge >= 0.3 is 0 Å². The molecule has 7 heteroatoms. The minimum Gasteiger partial charge on any atom is -0.505 e. The molecular weight excluding hydrogens is 498 g/mol. The van der Waals surface area contributed by atoms with Crippen LogP contribution in [0.3, 0.4) is 0 Å². The minimum absolute atomic E-state index is 0.0953. The van der Waals surface area contributed by atoms with E-state index in [0.717, 1.165) is 9.13 Å². The fraction of sp³-hybridized carbons (Fsp3) is 0.0714. The van der Waals surface area contributed by atoms with Crippen LogP contribution in [-0.2, 0) is 4.79 Å². The Morgan fingerprint density at radius 3 is 2.62 bits per heavy atom. The van der Waals surface area contributed by atoms with E-state index in [2.05, 4.69) is 32.9 Å². The molecule has 0 bridgehead atoms. The van der Waals surface area contributed by atoms with E-state index >= 15 is 0 Å². The van der Waals surface area contributed by atoms with Gasteiger partial charge in [-0.2, -0.15) is 0 Å². The number of carbonyl (C=O) groups excluding carboxylic acids is 2. The maximum atomic E-state index is 11.8. The predicted octanol–water partition coefficient (Wildman–Crippen LogP) is 2.75. The van der Waals surface area contributed by atoms with Crippen molar-refractivity contribution in [1.29, 1.82) is 0 Å². The van der Waals surface area contributed by atoms with E-state index in [1.807, 2.05) is 24.3 Å². The van der Waals surface area contributed by atoms with Crippen LogP contribution in [0.1, 0.15) is 10.5 Å². The number of nitrogens with zero attached hydrogens (tertiary/aromatic N) is 1. The van der Waals surface area contributed by atoms with E-state index in [9.17, 15) is 14.7 Å². The monoisotopic (exact) mass is 508 g/mol. The molecule has 0 unspecified atom stereocenters. The molecule has 0 aliphatic carbocycles. The van der Waals surface area contributed by atoms with Gasteiger partial charge in [0.25, 0.3) is 5.91 Å². The molecule has 2 aromatic rings. The summed E-state index contributed by atoms with van der Waals surface area (Å²) in [7, 11) is 0. The largest absolute Gasteiger partial charge is 0.505 e. The number of carbonyl (C=O) groups is 2. The van der Waals surface area contributed by atoms with Crippen molar-refractivity contribution in [2.75, 3.05) is 6.54 Å². The SMILES string of the molecule is O=C(I)CNC(=O)c1ncc(-c2cccc(I)c2)cc1O. The maximum absolute atomic E-state index is 11.8. The Morgan fingerprint density at radius 1 is 1.24 bits per heavy atom. The average Bonchev–Trinajstić information content (AvgIpc) is 2.44. The normalized spacial score (nSPS) is 10.2. The first kappa shape index (κ1) is 16.1. The molecule has 1 aromatic carbocycles. The summed E-state index contributed by atoms with van der Waals surface area (Å²) in [6.45, 7) is -0.0981. The molecule has 1 amide bonds. The van der Waals surface area contributed by atoms with Gasteiger partial charge in [0, 0.05) is 37.9 Å². The van der Waals surface area contributed by atoms with Crippen molar-refractivity contribution < 1.29 is 14.7 Å². The summed E-state index contributed by atoms with van der Waals surface area (Å²) in [6, 6.07) is 9.19. The summed E-state index contributed by atoms with van der Waals surface area (Å²) in [4.78, 5) is 26.6. The average molecular weight is 508 g/mol. The number of benzene rings is 1. The van der Waals surface area contributed by atoms with Crippen molar-refractivity contribution >= 4 is 54.9 Å². The number of nitrogens with one attached hydrogen (secondary N) is 1. The molecular formula is C14H10I2N2O3. The highest BCUT2D eigenvalue weighted by molar-refractivity contribution is 14.1. The van der Waals surface area contributed by atoms with Crippen molar-refractivity contribution in [2.24, 2.45) is 0 Å². The number of amides is 1. The highest BCUT2D eigenvalue weighted by Crippen LogP contribution is 2.25. The summed E-state index contributed by atoms with van der Waals surface area (Å²) in [5.74, 6) is -0.795. The van der Waals surface area contributed by atoms with Crippen LogP contribution in [0.15, 0.2) is 36.5 Å². The van der Waals surface area contributed by atoms with Gasteiger partial charge in [-0.3, -0.25) is 9.59 Å². The maximum Gasteiger partial charge on any atom is 0.274 e. The number of aromatic hydroxyl groups is 1. The van der Waals surface area contributed by atoms with Crippen molar-refractivity contribution in [3.8, 4) is 16.9 Å². The third-order valence-corrected chi connectivity index (χ3v) is 3.68.